The van der Waals surface area contributed by atoms with E-state index in [4.69, 9.17) is 45.9 Å². The molecule has 0 aliphatic rings. The molecule has 0 fully saturated rings. The number of hydrogen-bond donors (Lipinski definition) is 1. The van der Waals surface area contributed by atoms with E-state index >= 15 is 0 Å². The molecule has 2 aromatic rings. The molecule has 2 rings (SSSR count). The van der Waals surface area contributed by atoms with Crippen molar-refractivity contribution >= 4 is 58.5 Å². The standard InChI is InChI=1S/C12H10Cl2N2O2S2/c1-2-18-11(17)9-10(15)16(12(19)20-9)6-3-4-7(13)8(14)5-6/h3-5H,2,15H2,1H3. The van der Waals surface area contributed by atoms with Crippen molar-refractivity contribution in [2.45, 2.75) is 6.92 Å². The van der Waals surface area contributed by atoms with Gasteiger partial charge < -0.3 is 10.5 Å². The normalized spacial score (nSPS) is 10.6. The Hall–Kier alpha value is -1.08. The Bertz CT molecular complexity index is 725. The van der Waals surface area contributed by atoms with Crippen LogP contribution >= 0.6 is 46.8 Å². The van der Waals surface area contributed by atoms with Crippen LogP contribution in [0.5, 0.6) is 0 Å². The first-order chi connectivity index (χ1) is 9.45. The van der Waals surface area contributed by atoms with Crippen LogP contribution in [0, 0.1) is 3.95 Å². The molecule has 1 aromatic carbocycles. The lowest BCUT2D eigenvalue weighted by molar-refractivity contribution is 0.0533. The molecule has 0 spiro atoms. The van der Waals surface area contributed by atoms with Gasteiger partial charge in [-0.3, -0.25) is 4.57 Å². The molecule has 0 saturated carbocycles. The second kappa shape index (κ2) is 6.13. The average Bonchev–Trinajstić information content (AvgIpc) is 2.69. The fourth-order valence-corrected chi connectivity index (χ4v) is 3.15. The van der Waals surface area contributed by atoms with Gasteiger partial charge in [-0.15, -0.1) is 0 Å². The van der Waals surface area contributed by atoms with Crippen LogP contribution in [-0.4, -0.2) is 17.1 Å². The van der Waals surface area contributed by atoms with Gasteiger partial charge >= 0.3 is 5.97 Å². The number of ether oxygens (including phenoxy) is 1. The van der Waals surface area contributed by atoms with Gasteiger partial charge in [0.05, 0.1) is 22.3 Å². The van der Waals surface area contributed by atoms with E-state index in [0.717, 1.165) is 11.3 Å². The predicted octanol–water partition coefficient (Wildman–Crippen LogP) is 4.33. The number of rotatable bonds is 3. The van der Waals surface area contributed by atoms with Crippen LogP contribution in [0.1, 0.15) is 16.6 Å². The molecular formula is C12H10Cl2N2O2S2. The number of halogens is 2. The molecule has 0 saturated heterocycles. The Morgan fingerprint density at radius 1 is 1.45 bits per heavy atom. The molecule has 0 amide bonds. The molecule has 20 heavy (non-hydrogen) atoms. The summed E-state index contributed by atoms with van der Waals surface area (Å²) in [7, 11) is 0. The number of carbonyl (C=O) groups is 1. The van der Waals surface area contributed by atoms with Gasteiger partial charge in [-0.25, -0.2) is 4.79 Å². The lowest BCUT2D eigenvalue weighted by Gasteiger charge is -2.07. The Kier molecular flexibility index (Phi) is 4.70. The number of nitrogens with zero attached hydrogens (tertiary/aromatic N) is 1. The molecule has 2 N–H and O–H groups in total. The van der Waals surface area contributed by atoms with E-state index in [-0.39, 0.29) is 17.3 Å². The zero-order valence-electron chi connectivity index (χ0n) is 10.4. The maximum Gasteiger partial charge on any atom is 0.352 e. The molecular weight excluding hydrogens is 339 g/mol. The van der Waals surface area contributed by atoms with Gasteiger partial charge in [-0.05, 0) is 37.3 Å². The number of nitrogens with two attached hydrogens (primary N) is 1. The zero-order chi connectivity index (χ0) is 14.9. The van der Waals surface area contributed by atoms with Crippen molar-refractivity contribution < 1.29 is 9.53 Å². The molecule has 1 heterocycles. The molecule has 4 nitrogen and oxygen atoms in total. The van der Waals surface area contributed by atoms with Gasteiger partial charge in [-0.2, -0.15) is 0 Å². The highest BCUT2D eigenvalue weighted by molar-refractivity contribution is 7.73. The third-order valence-electron chi connectivity index (χ3n) is 2.47. The SMILES string of the molecule is CCOC(=O)c1sc(=S)n(-c2ccc(Cl)c(Cl)c2)c1N. The number of esters is 1. The molecule has 0 unspecified atom stereocenters. The van der Waals surface area contributed by atoms with E-state index < -0.39 is 5.97 Å². The minimum Gasteiger partial charge on any atom is -0.462 e. The molecule has 0 aliphatic carbocycles. The molecule has 1 aromatic heterocycles. The van der Waals surface area contributed by atoms with Gasteiger partial charge in [0, 0.05) is 0 Å². The third-order valence-corrected chi connectivity index (χ3v) is 4.58. The number of anilines is 1. The Morgan fingerprint density at radius 2 is 2.15 bits per heavy atom. The highest BCUT2D eigenvalue weighted by atomic mass is 35.5. The number of carbonyl (C=O) groups excluding carboxylic acids is 1. The summed E-state index contributed by atoms with van der Waals surface area (Å²) in [6.45, 7) is 2.00. The van der Waals surface area contributed by atoms with Crippen molar-refractivity contribution in [1.29, 1.82) is 0 Å². The molecule has 106 valence electrons. The number of thiazole rings is 1. The summed E-state index contributed by atoms with van der Waals surface area (Å²) in [6, 6.07) is 5.00. The van der Waals surface area contributed by atoms with Gasteiger partial charge in [0.15, 0.2) is 8.83 Å². The lowest BCUT2D eigenvalue weighted by Crippen LogP contribution is -2.08. The van der Waals surface area contributed by atoms with Crippen molar-refractivity contribution in [2.75, 3.05) is 12.3 Å². The largest absolute Gasteiger partial charge is 0.462 e. The summed E-state index contributed by atoms with van der Waals surface area (Å²) in [5.74, 6) is -0.253. The van der Waals surface area contributed by atoms with E-state index in [1.807, 2.05) is 0 Å². The molecule has 0 radical (unpaired) electrons. The van der Waals surface area contributed by atoms with Crippen LogP contribution in [0.3, 0.4) is 0 Å². The summed E-state index contributed by atoms with van der Waals surface area (Å²) in [5.41, 5.74) is 6.63. The minimum atomic E-state index is -0.486. The highest BCUT2D eigenvalue weighted by Gasteiger charge is 2.19. The Balaban J connectivity index is 2.55. The number of hydrogen-bond acceptors (Lipinski definition) is 5. The summed E-state index contributed by atoms with van der Waals surface area (Å²) < 4.78 is 6.94. The maximum atomic E-state index is 11.8. The van der Waals surface area contributed by atoms with Crippen LogP contribution in [0.25, 0.3) is 5.69 Å². The van der Waals surface area contributed by atoms with Crippen LogP contribution in [-0.2, 0) is 4.74 Å². The van der Waals surface area contributed by atoms with E-state index in [0.29, 0.717) is 19.7 Å². The van der Waals surface area contributed by atoms with Gasteiger partial charge in [0.25, 0.3) is 0 Å². The summed E-state index contributed by atoms with van der Waals surface area (Å²) in [4.78, 5) is 12.1. The second-order valence-corrected chi connectivity index (χ2v) is 6.20. The van der Waals surface area contributed by atoms with Gasteiger partial charge in [0.1, 0.15) is 5.82 Å². The van der Waals surface area contributed by atoms with Crippen LogP contribution < -0.4 is 5.73 Å². The monoisotopic (exact) mass is 348 g/mol. The fraction of sp³-hybridized carbons (Fsp3) is 0.167. The van der Waals surface area contributed by atoms with Crippen LogP contribution in [0.2, 0.25) is 10.0 Å². The summed E-state index contributed by atoms with van der Waals surface area (Å²) >= 11 is 18.2. The smallest absolute Gasteiger partial charge is 0.352 e. The molecule has 0 atom stereocenters. The summed E-state index contributed by atoms with van der Waals surface area (Å²) in [5, 5.41) is 0.815. The third kappa shape index (κ3) is 2.83. The van der Waals surface area contributed by atoms with Gasteiger partial charge in [0.2, 0.25) is 0 Å². The van der Waals surface area contributed by atoms with Gasteiger partial charge in [-0.1, -0.05) is 34.5 Å². The number of aromatic nitrogens is 1. The Labute approximate surface area is 134 Å². The Morgan fingerprint density at radius 3 is 2.75 bits per heavy atom. The second-order valence-electron chi connectivity index (χ2n) is 3.74. The topological polar surface area (TPSA) is 57.2 Å². The first-order valence-electron chi connectivity index (χ1n) is 5.59. The number of nitrogen functional groups attached to an aromatic ring is 1. The van der Waals surface area contributed by atoms with E-state index in [9.17, 15) is 4.79 Å². The zero-order valence-corrected chi connectivity index (χ0v) is 13.5. The van der Waals surface area contributed by atoms with Crippen molar-refractivity contribution in [1.82, 2.24) is 4.57 Å². The van der Waals surface area contributed by atoms with Crippen molar-refractivity contribution in [3.63, 3.8) is 0 Å². The lowest BCUT2D eigenvalue weighted by atomic mass is 10.3. The van der Waals surface area contributed by atoms with E-state index in [2.05, 4.69) is 0 Å². The fourth-order valence-electron chi connectivity index (χ4n) is 1.60. The maximum absolute atomic E-state index is 11.8. The van der Waals surface area contributed by atoms with Crippen molar-refractivity contribution in [3.05, 3.63) is 37.1 Å². The molecule has 0 bridgehead atoms. The van der Waals surface area contributed by atoms with Crippen molar-refractivity contribution in [3.8, 4) is 5.69 Å². The van der Waals surface area contributed by atoms with E-state index in [1.165, 1.54) is 0 Å². The predicted molar refractivity (Wildman–Crippen MR) is 84.9 cm³/mol. The molecule has 8 heteroatoms. The van der Waals surface area contributed by atoms with E-state index in [1.54, 1.807) is 29.7 Å². The quantitative estimate of drug-likeness (QED) is 0.662. The van der Waals surface area contributed by atoms with Crippen molar-refractivity contribution in [2.24, 2.45) is 0 Å². The first kappa shape index (κ1) is 15.3. The first-order valence-corrected chi connectivity index (χ1v) is 7.57. The average molecular weight is 349 g/mol. The highest BCUT2D eigenvalue weighted by Crippen LogP contribution is 2.30. The number of benzene rings is 1. The van der Waals surface area contributed by atoms with Crippen LogP contribution in [0.4, 0.5) is 5.82 Å². The minimum absolute atomic E-state index is 0.233. The molecule has 0 aliphatic heterocycles. The van der Waals surface area contributed by atoms with Crippen LogP contribution in [0.15, 0.2) is 18.2 Å². The summed E-state index contributed by atoms with van der Waals surface area (Å²) in [6.07, 6.45) is 0.